The Morgan fingerprint density at radius 3 is 2.84 bits per heavy atom. The maximum absolute atomic E-state index is 13.6. The van der Waals surface area contributed by atoms with Crippen LogP contribution in [0.15, 0.2) is 34.6 Å². The van der Waals surface area contributed by atoms with Crippen LogP contribution in [0.1, 0.15) is 24.5 Å². The Labute approximate surface area is 152 Å². The minimum Gasteiger partial charge on any atom is -0.486 e. The van der Waals surface area contributed by atoms with Crippen molar-refractivity contribution in [2.75, 3.05) is 20.1 Å². The number of hydrogen-bond donors (Lipinski definition) is 2. The SMILES string of the molecule is CCc1nc(CCNC(=NC)NCC(C)Oc2ccccc2F)cs1. The maximum Gasteiger partial charge on any atom is 0.191 e. The van der Waals surface area contributed by atoms with Gasteiger partial charge in [-0.15, -0.1) is 11.3 Å². The summed E-state index contributed by atoms with van der Waals surface area (Å²) in [7, 11) is 1.72. The van der Waals surface area contributed by atoms with Gasteiger partial charge in [0.05, 0.1) is 17.2 Å². The molecule has 1 heterocycles. The van der Waals surface area contributed by atoms with Gasteiger partial charge in [-0.3, -0.25) is 4.99 Å². The van der Waals surface area contributed by atoms with Gasteiger partial charge >= 0.3 is 0 Å². The molecule has 0 radical (unpaired) electrons. The van der Waals surface area contributed by atoms with E-state index in [4.69, 9.17) is 4.74 Å². The Hall–Kier alpha value is -2.15. The minimum absolute atomic E-state index is 0.193. The van der Waals surface area contributed by atoms with Crippen LogP contribution in [0.4, 0.5) is 4.39 Å². The third kappa shape index (κ3) is 6.34. The molecular formula is C18H25FN4OS. The fourth-order valence-electron chi connectivity index (χ4n) is 2.19. The highest BCUT2D eigenvalue weighted by atomic mass is 32.1. The second-order valence-corrected chi connectivity index (χ2v) is 6.52. The third-order valence-corrected chi connectivity index (χ3v) is 4.56. The lowest BCUT2D eigenvalue weighted by molar-refractivity contribution is 0.214. The highest BCUT2D eigenvalue weighted by molar-refractivity contribution is 7.09. The molecule has 2 aromatic rings. The molecule has 1 aromatic carbocycles. The van der Waals surface area contributed by atoms with Crippen molar-refractivity contribution in [2.24, 2.45) is 4.99 Å². The number of rotatable bonds is 8. The van der Waals surface area contributed by atoms with Gasteiger partial charge in [-0.25, -0.2) is 9.37 Å². The summed E-state index contributed by atoms with van der Waals surface area (Å²) < 4.78 is 19.2. The number of nitrogens with one attached hydrogen (secondary N) is 2. The van der Waals surface area contributed by atoms with E-state index in [0.717, 1.165) is 30.1 Å². The van der Waals surface area contributed by atoms with Crippen LogP contribution in [0.3, 0.4) is 0 Å². The number of aryl methyl sites for hydroxylation is 1. The summed E-state index contributed by atoms with van der Waals surface area (Å²) >= 11 is 1.70. The molecule has 25 heavy (non-hydrogen) atoms. The molecule has 0 aliphatic heterocycles. The van der Waals surface area contributed by atoms with Gasteiger partial charge in [-0.05, 0) is 25.5 Å². The van der Waals surface area contributed by atoms with Crippen molar-refractivity contribution in [1.29, 1.82) is 0 Å². The van der Waals surface area contributed by atoms with Gasteiger partial charge in [0.15, 0.2) is 17.5 Å². The van der Waals surface area contributed by atoms with E-state index >= 15 is 0 Å². The Bertz CT molecular complexity index is 689. The van der Waals surface area contributed by atoms with E-state index in [9.17, 15) is 4.39 Å². The van der Waals surface area contributed by atoms with Gasteiger partial charge in [0.25, 0.3) is 0 Å². The molecular weight excluding hydrogens is 339 g/mol. The summed E-state index contributed by atoms with van der Waals surface area (Å²) in [5.41, 5.74) is 1.10. The number of aliphatic imine (C=N–C) groups is 1. The smallest absolute Gasteiger partial charge is 0.191 e. The summed E-state index contributed by atoms with van der Waals surface area (Å²) in [6, 6.07) is 6.40. The van der Waals surface area contributed by atoms with Gasteiger partial charge in [0.1, 0.15) is 6.10 Å². The molecule has 2 rings (SSSR count). The first-order valence-corrected chi connectivity index (χ1v) is 9.29. The van der Waals surface area contributed by atoms with Crippen molar-refractivity contribution in [1.82, 2.24) is 15.6 Å². The molecule has 0 spiro atoms. The lowest BCUT2D eigenvalue weighted by Crippen LogP contribution is -2.42. The van der Waals surface area contributed by atoms with Crippen LogP contribution in [0, 0.1) is 5.82 Å². The number of hydrogen-bond acceptors (Lipinski definition) is 4. The number of halogens is 1. The van der Waals surface area contributed by atoms with Crippen LogP contribution >= 0.6 is 11.3 Å². The van der Waals surface area contributed by atoms with E-state index in [1.165, 1.54) is 6.07 Å². The number of benzene rings is 1. The minimum atomic E-state index is -0.355. The van der Waals surface area contributed by atoms with Crippen LogP contribution in [0.5, 0.6) is 5.75 Å². The summed E-state index contributed by atoms with van der Waals surface area (Å²) in [6.45, 7) is 5.26. The Morgan fingerprint density at radius 1 is 1.36 bits per heavy atom. The van der Waals surface area contributed by atoms with Crippen molar-refractivity contribution in [3.05, 3.63) is 46.2 Å². The predicted octanol–water partition coefficient (Wildman–Crippen LogP) is 3.02. The van der Waals surface area contributed by atoms with Gasteiger partial charge in [0, 0.05) is 25.4 Å². The third-order valence-electron chi connectivity index (χ3n) is 3.52. The Morgan fingerprint density at radius 2 is 2.16 bits per heavy atom. The normalized spacial score (nSPS) is 12.7. The zero-order valence-electron chi connectivity index (χ0n) is 14.9. The molecule has 5 nitrogen and oxygen atoms in total. The molecule has 136 valence electrons. The monoisotopic (exact) mass is 364 g/mol. The molecule has 1 unspecified atom stereocenters. The fraction of sp³-hybridized carbons (Fsp3) is 0.444. The number of para-hydroxylation sites is 1. The molecule has 0 aliphatic rings. The average Bonchev–Trinajstić information content (AvgIpc) is 3.08. The fourth-order valence-corrected chi connectivity index (χ4v) is 2.97. The second-order valence-electron chi connectivity index (χ2n) is 5.57. The average molecular weight is 364 g/mol. The number of thiazole rings is 1. The molecule has 1 atom stereocenters. The second kappa shape index (κ2) is 9.98. The standard InChI is InChI=1S/C18H25FN4OS/c1-4-17-23-14(12-25-17)9-10-21-18(20-3)22-11-13(2)24-16-8-6-5-7-15(16)19/h5-8,12-13H,4,9-11H2,1-3H3,(H2,20,21,22). The largest absolute Gasteiger partial charge is 0.486 e. The summed E-state index contributed by atoms with van der Waals surface area (Å²) in [5, 5.41) is 9.70. The number of aromatic nitrogens is 1. The first-order chi connectivity index (χ1) is 12.1. The lowest BCUT2D eigenvalue weighted by atomic mass is 10.3. The maximum atomic E-state index is 13.6. The summed E-state index contributed by atoms with van der Waals surface area (Å²) in [4.78, 5) is 8.73. The molecule has 0 fully saturated rings. The highest BCUT2D eigenvalue weighted by Crippen LogP contribution is 2.16. The van der Waals surface area contributed by atoms with Crippen molar-refractivity contribution in [2.45, 2.75) is 32.8 Å². The number of nitrogens with zero attached hydrogens (tertiary/aromatic N) is 2. The first-order valence-electron chi connectivity index (χ1n) is 8.41. The molecule has 7 heteroatoms. The molecule has 0 bridgehead atoms. The van der Waals surface area contributed by atoms with E-state index < -0.39 is 0 Å². The molecule has 0 saturated heterocycles. The van der Waals surface area contributed by atoms with Crippen LogP contribution in [0.2, 0.25) is 0 Å². The zero-order valence-corrected chi connectivity index (χ0v) is 15.7. The first kappa shape index (κ1) is 19.2. The van der Waals surface area contributed by atoms with Gasteiger partial charge in [-0.1, -0.05) is 19.1 Å². The van der Waals surface area contributed by atoms with Gasteiger partial charge in [-0.2, -0.15) is 0 Å². The van der Waals surface area contributed by atoms with Crippen molar-refractivity contribution in [3.8, 4) is 5.75 Å². The molecule has 0 saturated carbocycles. The van der Waals surface area contributed by atoms with E-state index in [1.807, 2.05) is 6.92 Å². The Kier molecular flexibility index (Phi) is 7.66. The van der Waals surface area contributed by atoms with Gasteiger partial charge in [0.2, 0.25) is 0 Å². The zero-order chi connectivity index (χ0) is 18.1. The predicted molar refractivity (Wildman–Crippen MR) is 101 cm³/mol. The lowest BCUT2D eigenvalue weighted by Gasteiger charge is -2.18. The molecule has 0 aliphatic carbocycles. The molecule has 2 N–H and O–H groups in total. The topological polar surface area (TPSA) is 58.5 Å². The van der Waals surface area contributed by atoms with Crippen molar-refractivity contribution < 1.29 is 9.13 Å². The quantitative estimate of drug-likeness (QED) is 0.558. The molecule has 0 amide bonds. The van der Waals surface area contributed by atoms with E-state index in [-0.39, 0.29) is 17.7 Å². The van der Waals surface area contributed by atoms with Crippen molar-refractivity contribution in [3.63, 3.8) is 0 Å². The van der Waals surface area contributed by atoms with Gasteiger partial charge < -0.3 is 15.4 Å². The van der Waals surface area contributed by atoms with Crippen LogP contribution in [0.25, 0.3) is 0 Å². The molecule has 1 aromatic heterocycles. The van der Waals surface area contributed by atoms with E-state index in [1.54, 1.807) is 36.6 Å². The number of ether oxygens (including phenoxy) is 1. The van der Waals surface area contributed by atoms with Crippen molar-refractivity contribution >= 4 is 17.3 Å². The van der Waals surface area contributed by atoms with Crippen LogP contribution in [-0.2, 0) is 12.8 Å². The van der Waals surface area contributed by atoms with Crippen LogP contribution < -0.4 is 15.4 Å². The Balaban J connectivity index is 1.71. The summed E-state index contributed by atoms with van der Waals surface area (Å²) in [6.07, 6.45) is 1.63. The van der Waals surface area contributed by atoms with E-state index in [2.05, 4.69) is 32.9 Å². The summed E-state index contributed by atoms with van der Waals surface area (Å²) in [5.74, 6) is 0.594. The van der Waals surface area contributed by atoms with E-state index in [0.29, 0.717) is 12.5 Å². The number of guanidine groups is 1. The van der Waals surface area contributed by atoms with Crippen LogP contribution in [-0.4, -0.2) is 37.2 Å². The highest BCUT2D eigenvalue weighted by Gasteiger charge is 2.09.